The van der Waals surface area contributed by atoms with Gasteiger partial charge in [0.25, 0.3) is 0 Å². The number of ether oxygens (including phenoxy) is 1. The predicted molar refractivity (Wildman–Crippen MR) is 87.8 cm³/mol. The zero-order chi connectivity index (χ0) is 15.8. The summed E-state index contributed by atoms with van der Waals surface area (Å²) in [6, 6.07) is 13.0. The second-order valence-corrected chi connectivity index (χ2v) is 5.17. The molecule has 0 bridgehead atoms. The van der Waals surface area contributed by atoms with Crippen LogP contribution in [0.1, 0.15) is 6.92 Å². The average Bonchev–Trinajstić information content (AvgIpc) is 2.98. The van der Waals surface area contributed by atoms with Gasteiger partial charge in [0, 0.05) is 23.8 Å². The summed E-state index contributed by atoms with van der Waals surface area (Å²) in [5, 5.41) is 0.833. The summed E-state index contributed by atoms with van der Waals surface area (Å²) < 4.78 is 12.7. The molecule has 0 atom stereocenters. The first-order valence-corrected chi connectivity index (χ1v) is 7.39. The zero-order valence-electron chi connectivity index (χ0n) is 12.5. The van der Waals surface area contributed by atoms with Crippen LogP contribution < -0.4 is 10.4 Å². The number of fused-ring (bicyclic) bond motifs is 2. The van der Waals surface area contributed by atoms with Gasteiger partial charge in [0.1, 0.15) is 17.0 Å². The fourth-order valence-corrected chi connectivity index (χ4v) is 2.59. The molecule has 0 aliphatic rings. The zero-order valence-corrected chi connectivity index (χ0v) is 12.5. The normalized spacial score (nSPS) is 11.2. The van der Waals surface area contributed by atoms with E-state index in [9.17, 15) is 4.79 Å². The van der Waals surface area contributed by atoms with Gasteiger partial charge in [-0.05, 0) is 37.3 Å². The Morgan fingerprint density at radius 3 is 2.96 bits per heavy atom. The molecule has 4 rings (SSSR count). The summed E-state index contributed by atoms with van der Waals surface area (Å²) in [4.78, 5) is 16.8. The SMILES string of the molecule is CCOc1ccc2cc(-c3cn4ccccc4n3)c(=O)oc2c1. The van der Waals surface area contributed by atoms with Crippen LogP contribution in [0.25, 0.3) is 27.9 Å². The van der Waals surface area contributed by atoms with Gasteiger partial charge in [-0.25, -0.2) is 9.78 Å². The molecule has 4 aromatic rings. The van der Waals surface area contributed by atoms with Crippen LogP contribution in [-0.4, -0.2) is 16.0 Å². The van der Waals surface area contributed by atoms with E-state index in [1.807, 2.05) is 54.0 Å². The van der Waals surface area contributed by atoms with E-state index in [1.165, 1.54) is 0 Å². The summed E-state index contributed by atoms with van der Waals surface area (Å²) >= 11 is 0. The van der Waals surface area contributed by atoms with Gasteiger partial charge in [0.2, 0.25) is 0 Å². The molecule has 5 heteroatoms. The molecule has 0 aliphatic carbocycles. The summed E-state index contributed by atoms with van der Waals surface area (Å²) in [5.74, 6) is 0.684. The number of hydrogen-bond acceptors (Lipinski definition) is 4. The maximum Gasteiger partial charge on any atom is 0.345 e. The van der Waals surface area contributed by atoms with Gasteiger partial charge in [-0.1, -0.05) is 6.07 Å². The molecule has 0 amide bonds. The van der Waals surface area contributed by atoms with Gasteiger partial charge in [0.05, 0.1) is 17.9 Å². The van der Waals surface area contributed by atoms with Crippen molar-refractivity contribution in [3.8, 4) is 17.0 Å². The molecule has 3 heterocycles. The fourth-order valence-electron chi connectivity index (χ4n) is 2.59. The lowest BCUT2D eigenvalue weighted by molar-refractivity contribution is 0.340. The van der Waals surface area contributed by atoms with Crippen molar-refractivity contribution in [3.05, 3.63) is 65.3 Å². The molecule has 23 heavy (non-hydrogen) atoms. The molecule has 0 saturated heterocycles. The molecule has 5 nitrogen and oxygen atoms in total. The Morgan fingerprint density at radius 1 is 1.22 bits per heavy atom. The molecule has 3 aromatic heterocycles. The second-order valence-electron chi connectivity index (χ2n) is 5.17. The van der Waals surface area contributed by atoms with Crippen molar-refractivity contribution < 1.29 is 9.15 Å². The third-order valence-electron chi connectivity index (χ3n) is 3.66. The molecule has 0 spiro atoms. The smallest absolute Gasteiger partial charge is 0.345 e. The van der Waals surface area contributed by atoms with Gasteiger partial charge >= 0.3 is 5.63 Å². The molecule has 0 fully saturated rings. The highest BCUT2D eigenvalue weighted by Gasteiger charge is 2.12. The highest BCUT2D eigenvalue weighted by Crippen LogP contribution is 2.24. The molecular formula is C18H14N2O3. The largest absolute Gasteiger partial charge is 0.494 e. The predicted octanol–water partition coefficient (Wildman–Crippen LogP) is 3.51. The Balaban J connectivity index is 1.88. The minimum absolute atomic E-state index is 0.408. The fraction of sp³-hybridized carbons (Fsp3) is 0.111. The van der Waals surface area contributed by atoms with Gasteiger partial charge in [-0.3, -0.25) is 0 Å². The number of imidazole rings is 1. The van der Waals surface area contributed by atoms with Crippen LogP contribution in [0, 0.1) is 0 Å². The van der Waals surface area contributed by atoms with Crippen molar-refractivity contribution in [3.63, 3.8) is 0 Å². The number of benzene rings is 1. The number of hydrogen-bond donors (Lipinski definition) is 0. The summed E-state index contributed by atoms with van der Waals surface area (Å²) in [5.41, 5.74) is 1.93. The minimum Gasteiger partial charge on any atom is -0.494 e. The van der Waals surface area contributed by atoms with Crippen LogP contribution in [-0.2, 0) is 0 Å². The van der Waals surface area contributed by atoms with Crippen LogP contribution in [0.3, 0.4) is 0 Å². The standard InChI is InChI=1S/C18H14N2O3/c1-2-22-13-7-6-12-9-14(18(21)23-16(12)10-13)15-11-20-8-4-3-5-17(20)19-15/h3-11H,2H2,1H3. The lowest BCUT2D eigenvalue weighted by atomic mass is 10.1. The molecule has 114 valence electrons. The van der Waals surface area contributed by atoms with E-state index in [0.29, 0.717) is 29.2 Å². The number of pyridine rings is 1. The second kappa shape index (κ2) is 5.28. The molecule has 0 N–H and O–H groups in total. The van der Waals surface area contributed by atoms with Gasteiger partial charge < -0.3 is 13.6 Å². The van der Waals surface area contributed by atoms with Crippen molar-refractivity contribution in [1.82, 2.24) is 9.38 Å². The Morgan fingerprint density at radius 2 is 2.13 bits per heavy atom. The van der Waals surface area contributed by atoms with E-state index >= 15 is 0 Å². The third-order valence-corrected chi connectivity index (χ3v) is 3.66. The van der Waals surface area contributed by atoms with E-state index in [4.69, 9.17) is 9.15 Å². The Kier molecular flexibility index (Phi) is 3.12. The van der Waals surface area contributed by atoms with Crippen LogP contribution >= 0.6 is 0 Å². The van der Waals surface area contributed by atoms with Crippen molar-refractivity contribution >= 4 is 16.6 Å². The topological polar surface area (TPSA) is 56.7 Å². The van der Waals surface area contributed by atoms with Crippen LogP contribution in [0.4, 0.5) is 0 Å². The first kappa shape index (κ1) is 13.6. The third kappa shape index (κ3) is 2.36. The van der Waals surface area contributed by atoms with Crippen LogP contribution in [0.15, 0.2) is 64.1 Å². The first-order chi connectivity index (χ1) is 11.2. The quantitative estimate of drug-likeness (QED) is 0.544. The van der Waals surface area contributed by atoms with Gasteiger partial charge in [-0.2, -0.15) is 0 Å². The van der Waals surface area contributed by atoms with Crippen LogP contribution in [0.5, 0.6) is 5.75 Å². The van der Waals surface area contributed by atoms with Crippen molar-refractivity contribution in [2.24, 2.45) is 0 Å². The summed E-state index contributed by atoms with van der Waals surface area (Å²) in [7, 11) is 0. The van der Waals surface area contributed by atoms with Gasteiger partial charge in [0.15, 0.2) is 0 Å². The molecule has 0 saturated carbocycles. The maximum absolute atomic E-state index is 12.3. The first-order valence-electron chi connectivity index (χ1n) is 7.39. The van der Waals surface area contributed by atoms with Crippen LogP contribution in [0.2, 0.25) is 0 Å². The van der Waals surface area contributed by atoms with E-state index in [-0.39, 0.29) is 0 Å². The van der Waals surface area contributed by atoms with Crippen molar-refractivity contribution in [2.75, 3.05) is 6.61 Å². The molecule has 0 unspecified atom stereocenters. The molecule has 1 aromatic carbocycles. The average molecular weight is 306 g/mol. The maximum atomic E-state index is 12.3. The van der Waals surface area contributed by atoms with Crippen molar-refractivity contribution in [1.29, 1.82) is 0 Å². The summed E-state index contributed by atoms with van der Waals surface area (Å²) in [6.07, 6.45) is 3.71. The highest BCUT2D eigenvalue weighted by atomic mass is 16.5. The molecular weight excluding hydrogens is 292 g/mol. The van der Waals surface area contributed by atoms with E-state index in [0.717, 1.165) is 11.0 Å². The van der Waals surface area contributed by atoms with E-state index in [2.05, 4.69) is 4.98 Å². The summed E-state index contributed by atoms with van der Waals surface area (Å²) in [6.45, 7) is 2.47. The Labute approximate surface area is 131 Å². The Hall–Kier alpha value is -3.08. The lowest BCUT2D eigenvalue weighted by Gasteiger charge is -2.04. The van der Waals surface area contributed by atoms with Crippen molar-refractivity contribution in [2.45, 2.75) is 6.92 Å². The van der Waals surface area contributed by atoms with E-state index in [1.54, 1.807) is 12.1 Å². The molecule has 0 aliphatic heterocycles. The van der Waals surface area contributed by atoms with Gasteiger partial charge in [-0.15, -0.1) is 0 Å². The molecule has 0 radical (unpaired) electrons. The lowest BCUT2D eigenvalue weighted by Crippen LogP contribution is -2.03. The number of rotatable bonds is 3. The highest BCUT2D eigenvalue weighted by molar-refractivity contribution is 5.82. The number of nitrogens with zero attached hydrogens (tertiary/aromatic N) is 2. The van der Waals surface area contributed by atoms with E-state index < -0.39 is 5.63 Å². The number of aromatic nitrogens is 2. The Bertz CT molecular complexity index is 1030. The minimum atomic E-state index is -0.408. The monoisotopic (exact) mass is 306 g/mol.